The highest BCUT2D eigenvalue weighted by molar-refractivity contribution is 9.09. The summed E-state index contributed by atoms with van der Waals surface area (Å²) in [6, 6.07) is 13.1. The van der Waals surface area contributed by atoms with Gasteiger partial charge in [0.1, 0.15) is 11.8 Å². The van der Waals surface area contributed by atoms with Crippen molar-refractivity contribution in [2.75, 3.05) is 30.4 Å². The van der Waals surface area contributed by atoms with E-state index >= 15 is 0 Å². The molecule has 3 unspecified atom stereocenters. The third-order valence-corrected chi connectivity index (χ3v) is 10.8. The molecule has 3 saturated heterocycles. The molecule has 0 aliphatic carbocycles. The third-order valence-electron chi connectivity index (χ3n) is 7.25. The summed E-state index contributed by atoms with van der Waals surface area (Å²) in [5.41, 5.74) is 1.05. The summed E-state index contributed by atoms with van der Waals surface area (Å²) in [6.45, 7) is 2.15. The smallest absolute Gasteiger partial charge is 0.248 e. The average Bonchev–Trinajstić information content (AvgIpc) is 3.46. The number of thioether (sulfide) groups is 1. The van der Waals surface area contributed by atoms with Gasteiger partial charge >= 0.3 is 0 Å². The van der Waals surface area contributed by atoms with Crippen LogP contribution in [0.5, 0.6) is 5.75 Å². The Balaban J connectivity index is 1.44. The Kier molecular flexibility index (Phi) is 7.46. The Labute approximate surface area is 232 Å². The Hall–Kier alpha value is -2.27. The molecule has 3 aliphatic rings. The first kappa shape index (κ1) is 26.3. The van der Waals surface area contributed by atoms with Crippen LogP contribution in [0, 0.1) is 11.8 Å². The molecule has 3 fully saturated rings. The number of fused-ring (bicyclic) bond motifs is 1. The highest BCUT2D eigenvalue weighted by Gasteiger charge is 2.75. The first-order valence-corrected chi connectivity index (χ1v) is 14.3. The molecule has 3 amide bonds. The van der Waals surface area contributed by atoms with E-state index in [9.17, 15) is 19.5 Å². The highest BCUT2D eigenvalue weighted by Crippen LogP contribution is 2.67. The number of carbonyl (C=O) groups excluding carboxylic acids is 3. The minimum atomic E-state index is -0.855. The number of para-hydroxylation sites is 1. The number of β-amino-alcohol motifs (C(OH)–C–C–N with tert-alkyl or cyclic N) is 1. The fourth-order valence-corrected chi connectivity index (χ4v) is 9.66. The van der Waals surface area contributed by atoms with E-state index in [0.717, 1.165) is 0 Å². The lowest BCUT2D eigenvalue weighted by Crippen LogP contribution is -2.53. The van der Waals surface area contributed by atoms with Crippen molar-refractivity contribution in [1.29, 1.82) is 0 Å². The predicted octanol–water partition coefficient (Wildman–Crippen LogP) is 3.77. The zero-order valence-corrected chi connectivity index (χ0v) is 23.2. The SMILES string of the molecule is CCOc1ccc(NC(=O)[C@H]2[C@@H]3SC4(CC3Br)C(C(=O)Nc3ccccc3Cl)N(CCO)C(=O)[C@H]24)cc1. The van der Waals surface area contributed by atoms with Crippen LogP contribution in [0.25, 0.3) is 0 Å². The molecular formula is C26H27BrClN3O5S. The summed E-state index contributed by atoms with van der Waals surface area (Å²) < 4.78 is 4.66. The van der Waals surface area contributed by atoms with Crippen LogP contribution in [0.1, 0.15) is 13.3 Å². The number of nitrogens with zero attached hydrogens (tertiary/aromatic N) is 1. The van der Waals surface area contributed by atoms with Gasteiger partial charge in [-0.15, -0.1) is 11.8 Å². The van der Waals surface area contributed by atoms with Crippen LogP contribution < -0.4 is 15.4 Å². The number of carbonyl (C=O) groups is 3. The van der Waals surface area contributed by atoms with E-state index in [2.05, 4.69) is 26.6 Å². The van der Waals surface area contributed by atoms with Crippen LogP contribution in [-0.4, -0.2) is 68.4 Å². The summed E-state index contributed by atoms with van der Waals surface area (Å²) in [5, 5.41) is 15.8. The molecular weight excluding hydrogens is 582 g/mol. The van der Waals surface area contributed by atoms with Crippen molar-refractivity contribution in [1.82, 2.24) is 4.90 Å². The molecule has 1 spiro atoms. The van der Waals surface area contributed by atoms with Crippen LogP contribution in [0.15, 0.2) is 48.5 Å². The number of amides is 3. The van der Waals surface area contributed by atoms with Gasteiger partial charge in [-0.3, -0.25) is 14.4 Å². The Morgan fingerprint density at radius 2 is 1.92 bits per heavy atom. The fraction of sp³-hybridized carbons (Fsp3) is 0.423. The summed E-state index contributed by atoms with van der Waals surface area (Å²) in [4.78, 5) is 42.5. The maximum atomic E-state index is 13.8. The normalized spacial score (nSPS) is 29.8. The van der Waals surface area contributed by atoms with Crippen LogP contribution in [0.4, 0.5) is 11.4 Å². The van der Waals surface area contributed by atoms with Crippen molar-refractivity contribution in [3.8, 4) is 5.75 Å². The van der Waals surface area contributed by atoms with Crippen LogP contribution in [-0.2, 0) is 14.4 Å². The predicted molar refractivity (Wildman–Crippen MR) is 147 cm³/mol. The quantitative estimate of drug-likeness (QED) is 0.394. The number of aliphatic hydroxyl groups excluding tert-OH is 1. The minimum Gasteiger partial charge on any atom is -0.494 e. The monoisotopic (exact) mass is 607 g/mol. The molecule has 2 bridgehead atoms. The Morgan fingerprint density at radius 3 is 2.59 bits per heavy atom. The number of hydrogen-bond acceptors (Lipinski definition) is 6. The molecule has 3 aliphatic heterocycles. The van der Waals surface area contributed by atoms with Crippen LogP contribution >= 0.6 is 39.3 Å². The van der Waals surface area contributed by atoms with Crippen molar-refractivity contribution in [3.63, 3.8) is 0 Å². The molecule has 2 aromatic rings. The fourth-order valence-electron chi connectivity index (χ4n) is 5.87. The van der Waals surface area contributed by atoms with Gasteiger partial charge in [-0.05, 0) is 49.7 Å². The van der Waals surface area contributed by atoms with Gasteiger partial charge in [0.05, 0.1) is 40.5 Å². The number of rotatable bonds is 8. The molecule has 0 saturated carbocycles. The third kappa shape index (κ3) is 4.51. The first-order chi connectivity index (χ1) is 17.8. The maximum absolute atomic E-state index is 13.8. The number of hydrogen-bond donors (Lipinski definition) is 3. The molecule has 5 rings (SSSR count). The zero-order chi connectivity index (χ0) is 26.3. The van der Waals surface area contributed by atoms with E-state index in [1.165, 1.54) is 16.7 Å². The van der Waals surface area contributed by atoms with E-state index in [1.54, 1.807) is 48.5 Å². The van der Waals surface area contributed by atoms with Gasteiger partial charge in [0.2, 0.25) is 17.7 Å². The first-order valence-electron chi connectivity index (χ1n) is 12.1. The van der Waals surface area contributed by atoms with E-state index in [4.69, 9.17) is 16.3 Å². The number of ether oxygens (including phenoxy) is 1. The topological polar surface area (TPSA) is 108 Å². The number of anilines is 2. The van der Waals surface area contributed by atoms with Crippen molar-refractivity contribution < 1.29 is 24.2 Å². The maximum Gasteiger partial charge on any atom is 0.248 e. The van der Waals surface area contributed by atoms with Crippen molar-refractivity contribution >= 4 is 68.4 Å². The van der Waals surface area contributed by atoms with Crippen molar-refractivity contribution in [2.24, 2.45) is 11.8 Å². The Morgan fingerprint density at radius 1 is 1.19 bits per heavy atom. The standard InChI is InChI=1S/C26H27BrClN3O5S/c1-2-36-15-9-7-14(8-10-15)29-23(33)19-20-25(35)31(11-12-32)22(26(20)13-16(27)21(19)37-26)24(34)30-18-6-4-3-5-17(18)28/h3-10,16,19-22,32H,2,11-13H2,1H3,(H,29,33)(H,30,34)/t16?,19-,20+,21-,22?,26?/m1/s1. The number of alkyl halides is 1. The molecule has 0 aromatic heterocycles. The van der Waals surface area contributed by atoms with Gasteiger partial charge in [0.25, 0.3) is 0 Å². The van der Waals surface area contributed by atoms with E-state index in [0.29, 0.717) is 35.2 Å². The molecule has 2 aromatic carbocycles. The molecule has 6 atom stereocenters. The number of nitrogens with one attached hydrogen (secondary N) is 2. The van der Waals surface area contributed by atoms with Gasteiger partial charge < -0.3 is 25.4 Å². The lowest BCUT2D eigenvalue weighted by molar-refractivity contribution is -0.138. The van der Waals surface area contributed by atoms with Gasteiger partial charge in [-0.2, -0.15) is 0 Å². The number of halogens is 2. The highest BCUT2D eigenvalue weighted by atomic mass is 79.9. The van der Waals surface area contributed by atoms with E-state index < -0.39 is 22.6 Å². The van der Waals surface area contributed by atoms with E-state index in [1.807, 2.05) is 6.92 Å². The summed E-state index contributed by atoms with van der Waals surface area (Å²) in [7, 11) is 0. The molecule has 11 heteroatoms. The molecule has 3 N–H and O–H groups in total. The average molecular weight is 609 g/mol. The second-order valence-corrected chi connectivity index (χ2v) is 12.5. The second-order valence-electron chi connectivity index (χ2n) is 9.33. The van der Waals surface area contributed by atoms with Gasteiger partial charge in [0, 0.05) is 22.3 Å². The van der Waals surface area contributed by atoms with E-state index in [-0.39, 0.29) is 41.0 Å². The lowest BCUT2D eigenvalue weighted by Gasteiger charge is -2.35. The summed E-state index contributed by atoms with van der Waals surface area (Å²) >= 11 is 11.5. The second kappa shape index (κ2) is 10.5. The summed E-state index contributed by atoms with van der Waals surface area (Å²) in [5.74, 6) is -1.54. The molecule has 3 heterocycles. The number of aliphatic hydroxyl groups is 1. The molecule has 196 valence electrons. The Bertz CT molecular complexity index is 1220. The van der Waals surface area contributed by atoms with Crippen molar-refractivity contribution in [2.45, 2.75) is 34.2 Å². The summed E-state index contributed by atoms with van der Waals surface area (Å²) in [6.07, 6.45) is 0.550. The molecule has 37 heavy (non-hydrogen) atoms. The van der Waals surface area contributed by atoms with Gasteiger partial charge in [-0.1, -0.05) is 39.7 Å². The van der Waals surface area contributed by atoms with Crippen LogP contribution in [0.3, 0.4) is 0 Å². The van der Waals surface area contributed by atoms with Gasteiger partial charge in [-0.25, -0.2) is 0 Å². The number of benzene rings is 2. The lowest BCUT2D eigenvalue weighted by atomic mass is 9.70. The zero-order valence-electron chi connectivity index (χ0n) is 20.0. The number of likely N-dealkylation sites (tertiary alicyclic amines) is 1. The minimum absolute atomic E-state index is 0.00308. The largest absolute Gasteiger partial charge is 0.494 e. The van der Waals surface area contributed by atoms with Crippen molar-refractivity contribution in [3.05, 3.63) is 53.6 Å². The molecule has 8 nitrogen and oxygen atoms in total. The molecule has 0 radical (unpaired) electrons. The van der Waals surface area contributed by atoms with Gasteiger partial charge in [0.15, 0.2) is 0 Å². The van der Waals surface area contributed by atoms with Crippen LogP contribution in [0.2, 0.25) is 5.02 Å².